The summed E-state index contributed by atoms with van der Waals surface area (Å²) in [5, 5.41) is 5.90. The highest BCUT2D eigenvalue weighted by Crippen LogP contribution is 2.26. The van der Waals surface area contributed by atoms with Crippen molar-refractivity contribution in [1.82, 2.24) is 19.4 Å². The number of hydrogen-bond acceptors (Lipinski definition) is 6. The minimum Gasteiger partial charge on any atom is -0.367 e. The second-order valence-corrected chi connectivity index (χ2v) is 9.81. The summed E-state index contributed by atoms with van der Waals surface area (Å²) in [6.07, 6.45) is 1.25. The van der Waals surface area contributed by atoms with Crippen LogP contribution in [0.4, 0.5) is 16.2 Å². The van der Waals surface area contributed by atoms with E-state index in [0.717, 1.165) is 44.1 Å². The fourth-order valence-corrected chi connectivity index (χ4v) is 4.77. The Morgan fingerprint density at radius 3 is 2.23 bits per heavy atom. The van der Waals surface area contributed by atoms with Crippen molar-refractivity contribution in [3.05, 3.63) is 24.3 Å². The smallest absolute Gasteiger partial charge is 0.319 e. The maximum atomic E-state index is 12.4. The Balaban J connectivity index is 1.44. The van der Waals surface area contributed by atoms with Gasteiger partial charge in [0.15, 0.2) is 0 Å². The fourth-order valence-electron chi connectivity index (χ4n) is 3.94. The molecule has 3 rings (SSSR count). The first kappa shape index (κ1) is 22.8. The van der Waals surface area contributed by atoms with Crippen LogP contribution >= 0.6 is 0 Å². The van der Waals surface area contributed by atoms with Gasteiger partial charge in [-0.1, -0.05) is 19.1 Å². The van der Waals surface area contributed by atoms with Gasteiger partial charge in [-0.15, -0.1) is 0 Å². The molecule has 1 aromatic rings. The summed E-state index contributed by atoms with van der Waals surface area (Å²) >= 11 is 0. The molecule has 10 heteroatoms. The van der Waals surface area contributed by atoms with Crippen molar-refractivity contribution in [3.8, 4) is 0 Å². The van der Waals surface area contributed by atoms with Crippen LogP contribution in [-0.4, -0.2) is 107 Å². The van der Waals surface area contributed by atoms with Crippen LogP contribution in [0.2, 0.25) is 0 Å². The van der Waals surface area contributed by atoms with Crippen molar-refractivity contribution in [1.29, 1.82) is 0 Å². The molecule has 0 aromatic heterocycles. The van der Waals surface area contributed by atoms with Gasteiger partial charge >= 0.3 is 6.03 Å². The van der Waals surface area contributed by atoms with Crippen LogP contribution in [0.5, 0.6) is 0 Å². The minimum absolute atomic E-state index is 0.218. The predicted octanol–water partition coefficient (Wildman–Crippen LogP) is 0.527. The topological polar surface area (TPSA) is 88.2 Å². The molecule has 0 radical (unpaired) electrons. The Labute approximate surface area is 180 Å². The van der Waals surface area contributed by atoms with E-state index in [9.17, 15) is 13.2 Å². The number of rotatable bonds is 7. The largest absolute Gasteiger partial charge is 0.367 e. The van der Waals surface area contributed by atoms with Gasteiger partial charge < -0.3 is 20.4 Å². The Morgan fingerprint density at radius 1 is 0.967 bits per heavy atom. The molecule has 2 heterocycles. The zero-order chi connectivity index (χ0) is 21.6. The van der Waals surface area contributed by atoms with E-state index in [4.69, 9.17) is 0 Å². The number of benzene rings is 1. The number of amides is 2. The fraction of sp³-hybridized carbons (Fsp3) is 0.650. The summed E-state index contributed by atoms with van der Waals surface area (Å²) in [5.41, 5.74) is 1.88. The molecule has 0 bridgehead atoms. The Hall–Kier alpha value is -1.88. The van der Waals surface area contributed by atoms with E-state index in [-0.39, 0.29) is 6.03 Å². The van der Waals surface area contributed by atoms with Gasteiger partial charge in [0.05, 0.1) is 17.6 Å². The molecule has 0 unspecified atom stereocenters. The standard InChI is InChI=1S/C20H34N6O3S/c1-3-23-10-14-25(15-11-23)19-7-5-4-6-18(19)22-20(27)21-8-9-24-12-16-26(17-13-24)30(2,28)29/h4-7H,3,8-17H2,1-2H3,(H2,21,22,27). The van der Waals surface area contributed by atoms with Crippen LogP contribution in [0.25, 0.3) is 0 Å². The summed E-state index contributed by atoms with van der Waals surface area (Å²) in [6.45, 7) is 10.8. The van der Waals surface area contributed by atoms with Gasteiger partial charge in [0.1, 0.15) is 0 Å². The average Bonchev–Trinajstić information content (AvgIpc) is 2.74. The van der Waals surface area contributed by atoms with Crippen LogP contribution in [0.15, 0.2) is 24.3 Å². The van der Waals surface area contributed by atoms with Gasteiger partial charge in [-0.25, -0.2) is 13.2 Å². The zero-order valence-electron chi connectivity index (χ0n) is 18.0. The molecule has 0 saturated carbocycles. The Kier molecular flexibility index (Phi) is 7.93. The second kappa shape index (κ2) is 10.4. The molecule has 30 heavy (non-hydrogen) atoms. The number of nitrogens with one attached hydrogen (secondary N) is 2. The Bertz CT molecular complexity index is 803. The summed E-state index contributed by atoms with van der Waals surface area (Å²) in [5.74, 6) is 0. The molecular weight excluding hydrogens is 404 g/mol. The van der Waals surface area contributed by atoms with E-state index in [1.165, 1.54) is 10.6 Å². The molecule has 2 amide bonds. The lowest BCUT2D eigenvalue weighted by atomic mass is 10.2. The van der Waals surface area contributed by atoms with Gasteiger partial charge in [-0.3, -0.25) is 4.90 Å². The lowest BCUT2D eigenvalue weighted by Crippen LogP contribution is -2.50. The van der Waals surface area contributed by atoms with Crippen molar-refractivity contribution >= 4 is 27.4 Å². The first-order valence-corrected chi connectivity index (χ1v) is 12.5. The predicted molar refractivity (Wildman–Crippen MR) is 121 cm³/mol. The highest BCUT2D eigenvalue weighted by Gasteiger charge is 2.23. The van der Waals surface area contributed by atoms with Crippen LogP contribution in [0.3, 0.4) is 0 Å². The molecule has 0 spiro atoms. The van der Waals surface area contributed by atoms with Crippen molar-refractivity contribution in [2.24, 2.45) is 0 Å². The lowest BCUT2D eigenvalue weighted by Gasteiger charge is -2.36. The highest BCUT2D eigenvalue weighted by molar-refractivity contribution is 7.88. The first-order chi connectivity index (χ1) is 14.4. The van der Waals surface area contributed by atoms with E-state index >= 15 is 0 Å². The third-order valence-corrected chi connectivity index (χ3v) is 7.13. The number of anilines is 2. The maximum Gasteiger partial charge on any atom is 0.319 e. The number of hydrogen-bond donors (Lipinski definition) is 2. The normalized spacial score (nSPS) is 19.6. The lowest BCUT2D eigenvalue weighted by molar-refractivity contribution is 0.189. The highest BCUT2D eigenvalue weighted by atomic mass is 32.2. The number of sulfonamides is 1. The maximum absolute atomic E-state index is 12.4. The number of carbonyl (C=O) groups is 1. The monoisotopic (exact) mass is 438 g/mol. The molecular formula is C20H34N6O3S. The molecule has 2 N–H and O–H groups in total. The van der Waals surface area contributed by atoms with Gasteiger partial charge in [-0.2, -0.15) is 4.31 Å². The molecule has 168 valence electrons. The third kappa shape index (κ3) is 6.31. The number of urea groups is 1. The number of likely N-dealkylation sites (N-methyl/N-ethyl adjacent to an activating group) is 1. The average molecular weight is 439 g/mol. The second-order valence-electron chi connectivity index (χ2n) is 7.82. The third-order valence-electron chi connectivity index (χ3n) is 5.83. The van der Waals surface area contributed by atoms with Crippen molar-refractivity contribution in [2.75, 3.05) is 88.5 Å². The van der Waals surface area contributed by atoms with Gasteiger partial charge in [0.25, 0.3) is 0 Å². The van der Waals surface area contributed by atoms with E-state index in [2.05, 4.69) is 38.3 Å². The van der Waals surface area contributed by atoms with E-state index in [1.807, 2.05) is 18.2 Å². The molecule has 2 saturated heterocycles. The summed E-state index contributed by atoms with van der Waals surface area (Å²) in [6, 6.07) is 7.71. The number of para-hydroxylation sites is 2. The SMILES string of the molecule is CCN1CCN(c2ccccc2NC(=O)NCCN2CCN(S(C)(=O)=O)CC2)CC1. The van der Waals surface area contributed by atoms with Gasteiger partial charge in [0.2, 0.25) is 10.0 Å². The molecule has 0 aliphatic carbocycles. The quantitative estimate of drug-likeness (QED) is 0.646. The molecule has 2 fully saturated rings. The van der Waals surface area contributed by atoms with Crippen molar-refractivity contribution < 1.29 is 13.2 Å². The first-order valence-electron chi connectivity index (χ1n) is 10.7. The number of piperazine rings is 2. The number of carbonyl (C=O) groups excluding carboxylic acids is 1. The van der Waals surface area contributed by atoms with Crippen LogP contribution < -0.4 is 15.5 Å². The van der Waals surface area contributed by atoms with Gasteiger partial charge in [0, 0.05) is 65.4 Å². The summed E-state index contributed by atoms with van der Waals surface area (Å²) in [7, 11) is -3.12. The van der Waals surface area contributed by atoms with Crippen molar-refractivity contribution in [3.63, 3.8) is 0 Å². The van der Waals surface area contributed by atoms with E-state index in [1.54, 1.807) is 0 Å². The zero-order valence-corrected chi connectivity index (χ0v) is 18.8. The van der Waals surface area contributed by atoms with Crippen LogP contribution in [0.1, 0.15) is 6.92 Å². The minimum atomic E-state index is -3.12. The van der Waals surface area contributed by atoms with Crippen LogP contribution in [0, 0.1) is 0 Å². The van der Waals surface area contributed by atoms with Crippen molar-refractivity contribution in [2.45, 2.75) is 6.92 Å². The summed E-state index contributed by atoms with van der Waals surface area (Å²) < 4.78 is 24.7. The van der Waals surface area contributed by atoms with Crippen LogP contribution in [-0.2, 0) is 10.0 Å². The number of nitrogens with zero attached hydrogens (tertiary/aromatic N) is 4. The molecule has 0 atom stereocenters. The molecule has 1 aromatic carbocycles. The van der Waals surface area contributed by atoms with Gasteiger partial charge in [-0.05, 0) is 18.7 Å². The summed E-state index contributed by atoms with van der Waals surface area (Å²) in [4.78, 5) is 19.3. The van der Waals surface area contributed by atoms with E-state index < -0.39 is 10.0 Å². The molecule has 9 nitrogen and oxygen atoms in total. The molecule has 2 aliphatic heterocycles. The molecule has 2 aliphatic rings. The Morgan fingerprint density at radius 2 is 1.60 bits per heavy atom. The van der Waals surface area contributed by atoms with E-state index in [0.29, 0.717) is 39.3 Å².